The molecule has 1 N–H and O–H groups in total. The highest BCUT2D eigenvalue weighted by Gasteiger charge is 2.23. The third kappa shape index (κ3) is 5.14. The number of hydrogen-bond acceptors (Lipinski definition) is 6. The summed E-state index contributed by atoms with van der Waals surface area (Å²) in [5.41, 5.74) is 2.46. The molecule has 1 aliphatic rings. The molecule has 0 radical (unpaired) electrons. The number of morpholine rings is 1. The second-order valence-electron chi connectivity index (χ2n) is 6.76. The first-order valence-electron chi connectivity index (χ1n) is 9.51. The number of carbonyl (C=O) groups excluding carboxylic acids is 1. The van der Waals surface area contributed by atoms with Crippen LogP contribution in [0.15, 0.2) is 58.2 Å². The van der Waals surface area contributed by atoms with E-state index >= 15 is 0 Å². The van der Waals surface area contributed by atoms with Crippen LogP contribution in [0.2, 0.25) is 0 Å². The first-order valence-corrected chi connectivity index (χ1v) is 10.5. The monoisotopic (exact) mass is 415 g/mol. The van der Waals surface area contributed by atoms with Gasteiger partial charge in [0.2, 0.25) is 5.91 Å². The number of ether oxygens (including phenoxy) is 1. The summed E-state index contributed by atoms with van der Waals surface area (Å²) in [4.78, 5) is 19.0. The fraction of sp³-hybridized carbons (Fsp3) is 0.333. The number of aromatic nitrogens is 1. The van der Waals surface area contributed by atoms with Gasteiger partial charge in [-0.05, 0) is 29.8 Å². The largest absolute Gasteiger partial charge is 0.431 e. The molecule has 29 heavy (non-hydrogen) atoms. The quantitative estimate of drug-likeness (QED) is 0.598. The van der Waals surface area contributed by atoms with E-state index < -0.39 is 0 Å². The molecular weight excluding hydrogens is 393 g/mol. The van der Waals surface area contributed by atoms with Crippen LogP contribution in [0.25, 0.3) is 11.1 Å². The molecule has 0 bridgehead atoms. The van der Waals surface area contributed by atoms with Crippen molar-refractivity contribution < 1.29 is 18.3 Å². The number of carbonyl (C=O) groups is 1. The maximum atomic E-state index is 13.3. The van der Waals surface area contributed by atoms with Crippen LogP contribution in [0, 0.1) is 5.82 Å². The Hall–Kier alpha value is -2.42. The summed E-state index contributed by atoms with van der Waals surface area (Å²) in [6, 6.07) is 13.9. The number of thioether (sulfide) groups is 1. The normalized spacial score (nSPS) is 16.0. The van der Waals surface area contributed by atoms with Crippen molar-refractivity contribution in [1.82, 2.24) is 15.2 Å². The molecule has 1 fully saturated rings. The van der Waals surface area contributed by atoms with Crippen LogP contribution < -0.4 is 5.32 Å². The molecule has 0 spiro atoms. The van der Waals surface area contributed by atoms with E-state index in [2.05, 4.69) is 15.2 Å². The molecule has 4 rings (SSSR count). The van der Waals surface area contributed by atoms with E-state index in [0.29, 0.717) is 30.6 Å². The van der Waals surface area contributed by atoms with Crippen molar-refractivity contribution >= 4 is 28.8 Å². The number of nitrogens with zero attached hydrogens (tertiary/aromatic N) is 2. The first kappa shape index (κ1) is 19.9. The minimum absolute atomic E-state index is 0.0298. The molecule has 0 saturated carbocycles. The zero-order valence-corrected chi connectivity index (χ0v) is 16.7. The average molecular weight is 415 g/mol. The Morgan fingerprint density at radius 2 is 1.93 bits per heavy atom. The number of fused-ring (bicyclic) bond motifs is 1. The third-order valence-electron chi connectivity index (χ3n) is 4.83. The number of amides is 1. The Labute approximate surface area is 172 Å². The van der Waals surface area contributed by atoms with Crippen molar-refractivity contribution in [1.29, 1.82) is 0 Å². The summed E-state index contributed by atoms with van der Waals surface area (Å²) in [6.45, 7) is 3.29. The molecule has 6 nitrogen and oxygen atoms in total. The van der Waals surface area contributed by atoms with E-state index in [9.17, 15) is 9.18 Å². The van der Waals surface area contributed by atoms with E-state index in [1.54, 1.807) is 12.1 Å². The fourth-order valence-electron chi connectivity index (χ4n) is 3.33. The van der Waals surface area contributed by atoms with Gasteiger partial charge in [-0.2, -0.15) is 0 Å². The third-order valence-corrected chi connectivity index (χ3v) is 5.66. The number of rotatable bonds is 7. The molecule has 152 valence electrons. The predicted molar refractivity (Wildman–Crippen MR) is 109 cm³/mol. The molecule has 8 heteroatoms. The van der Waals surface area contributed by atoms with Gasteiger partial charge in [0.1, 0.15) is 11.3 Å². The lowest BCUT2D eigenvalue weighted by molar-refractivity contribution is -0.118. The summed E-state index contributed by atoms with van der Waals surface area (Å²) in [7, 11) is 0. The second kappa shape index (κ2) is 9.39. The molecule has 1 aromatic heterocycles. The highest BCUT2D eigenvalue weighted by atomic mass is 32.2. The van der Waals surface area contributed by atoms with Crippen LogP contribution in [0.5, 0.6) is 0 Å². The fourth-order valence-corrected chi connectivity index (χ4v) is 4.00. The Morgan fingerprint density at radius 1 is 1.17 bits per heavy atom. The molecule has 1 saturated heterocycles. The van der Waals surface area contributed by atoms with Crippen LogP contribution >= 0.6 is 11.8 Å². The Kier molecular flexibility index (Phi) is 6.43. The zero-order chi connectivity index (χ0) is 20.1. The molecule has 2 aromatic carbocycles. The summed E-state index contributed by atoms with van der Waals surface area (Å²) >= 11 is 1.27. The van der Waals surface area contributed by atoms with Crippen molar-refractivity contribution in [3.8, 4) is 0 Å². The Morgan fingerprint density at radius 3 is 2.69 bits per heavy atom. The van der Waals surface area contributed by atoms with Gasteiger partial charge in [-0.3, -0.25) is 9.69 Å². The number of oxazole rings is 1. The van der Waals surface area contributed by atoms with E-state index in [1.165, 1.54) is 23.9 Å². The minimum Gasteiger partial charge on any atom is -0.431 e. The van der Waals surface area contributed by atoms with E-state index in [0.717, 1.165) is 24.2 Å². The SMILES string of the molecule is O=C(CSc1nc2ccccc2o1)NCC(c1ccc(F)cc1)N1CCOCC1. The van der Waals surface area contributed by atoms with Crippen LogP contribution in [0.1, 0.15) is 11.6 Å². The van der Waals surface area contributed by atoms with Crippen molar-refractivity contribution in [3.63, 3.8) is 0 Å². The first-order chi connectivity index (χ1) is 14.2. The van der Waals surface area contributed by atoms with Crippen molar-refractivity contribution in [2.24, 2.45) is 0 Å². The molecule has 1 unspecified atom stereocenters. The van der Waals surface area contributed by atoms with E-state index in [-0.39, 0.29) is 23.5 Å². The van der Waals surface area contributed by atoms with Crippen LogP contribution in [-0.4, -0.2) is 54.4 Å². The molecule has 0 aliphatic carbocycles. The van der Waals surface area contributed by atoms with Crippen LogP contribution in [0.3, 0.4) is 0 Å². The van der Waals surface area contributed by atoms with Gasteiger partial charge in [-0.1, -0.05) is 36.0 Å². The summed E-state index contributed by atoms with van der Waals surface area (Å²) in [6.07, 6.45) is 0. The maximum Gasteiger partial charge on any atom is 0.257 e. The predicted octanol–water partition coefficient (Wildman–Crippen LogP) is 3.25. The Balaban J connectivity index is 1.35. The van der Waals surface area contributed by atoms with Crippen LogP contribution in [0.4, 0.5) is 4.39 Å². The number of benzene rings is 2. The van der Waals surface area contributed by atoms with Crippen molar-refractivity contribution in [2.75, 3.05) is 38.6 Å². The highest BCUT2D eigenvalue weighted by Crippen LogP contribution is 2.24. The number of halogens is 1. The summed E-state index contributed by atoms with van der Waals surface area (Å²) in [5, 5.41) is 3.47. The lowest BCUT2D eigenvalue weighted by atomic mass is 10.0. The van der Waals surface area contributed by atoms with Gasteiger partial charge >= 0.3 is 0 Å². The Bertz CT molecular complexity index is 924. The van der Waals surface area contributed by atoms with Gasteiger partial charge in [0, 0.05) is 19.6 Å². The number of nitrogens with one attached hydrogen (secondary N) is 1. The van der Waals surface area contributed by atoms with E-state index in [1.807, 2.05) is 24.3 Å². The molecule has 1 atom stereocenters. The maximum absolute atomic E-state index is 13.3. The smallest absolute Gasteiger partial charge is 0.257 e. The number of para-hydroxylation sites is 2. The van der Waals surface area contributed by atoms with Gasteiger partial charge < -0.3 is 14.5 Å². The topological polar surface area (TPSA) is 67.6 Å². The lowest BCUT2D eigenvalue weighted by Crippen LogP contribution is -2.44. The molecule has 3 aromatic rings. The second-order valence-corrected chi connectivity index (χ2v) is 7.68. The summed E-state index contributed by atoms with van der Waals surface area (Å²) < 4.78 is 24.4. The highest BCUT2D eigenvalue weighted by molar-refractivity contribution is 7.99. The van der Waals surface area contributed by atoms with Crippen LogP contribution in [-0.2, 0) is 9.53 Å². The zero-order valence-electron chi connectivity index (χ0n) is 15.8. The molecule has 2 heterocycles. The van der Waals surface area contributed by atoms with Gasteiger partial charge in [-0.15, -0.1) is 0 Å². The van der Waals surface area contributed by atoms with Crippen molar-refractivity contribution in [2.45, 2.75) is 11.3 Å². The molecule has 1 amide bonds. The van der Waals surface area contributed by atoms with E-state index in [4.69, 9.17) is 9.15 Å². The lowest BCUT2D eigenvalue weighted by Gasteiger charge is -2.35. The molecule has 1 aliphatic heterocycles. The minimum atomic E-state index is -0.270. The molecular formula is C21H22FN3O3S. The van der Waals surface area contributed by atoms with Crippen molar-refractivity contribution in [3.05, 3.63) is 59.9 Å². The van der Waals surface area contributed by atoms with Gasteiger partial charge in [-0.25, -0.2) is 9.37 Å². The van der Waals surface area contributed by atoms with Gasteiger partial charge in [0.15, 0.2) is 5.58 Å². The standard InChI is InChI=1S/C21H22FN3O3S/c22-16-7-5-15(6-8-16)18(25-9-11-27-12-10-25)13-23-20(26)14-29-21-24-17-3-1-2-4-19(17)28-21/h1-8,18H,9-14H2,(H,23,26). The van der Waals surface area contributed by atoms with Gasteiger partial charge in [0.25, 0.3) is 5.22 Å². The summed E-state index contributed by atoms with van der Waals surface area (Å²) in [5.74, 6) is -0.155. The van der Waals surface area contributed by atoms with Gasteiger partial charge in [0.05, 0.1) is 25.0 Å². The average Bonchev–Trinajstić information content (AvgIpc) is 3.17. The number of hydrogen-bond donors (Lipinski definition) is 1.